The number of ether oxygens (including phenoxy) is 3. The molecule has 2 aliphatic rings. The Balaban J connectivity index is 1.55. The zero-order chi connectivity index (χ0) is 20.8. The topological polar surface area (TPSA) is 94.2 Å². The Kier molecular flexibility index (Phi) is 6.70. The second-order valence-electron chi connectivity index (χ2n) is 5.74. The normalized spacial score (nSPS) is 17.8. The highest BCUT2D eigenvalue weighted by molar-refractivity contribution is 8.18. The molecule has 11 heteroatoms. The van der Waals surface area contributed by atoms with Crippen LogP contribution < -0.4 is 10.1 Å². The number of carbonyl (C=O) groups is 3. The molecule has 0 unspecified atom stereocenters. The minimum Gasteiger partial charge on any atom is -0.494 e. The molecule has 3 amide bonds. The van der Waals surface area contributed by atoms with E-state index in [1.807, 2.05) is 0 Å². The van der Waals surface area contributed by atoms with E-state index in [0.717, 1.165) is 16.7 Å². The number of amides is 3. The van der Waals surface area contributed by atoms with Gasteiger partial charge < -0.3 is 19.5 Å². The van der Waals surface area contributed by atoms with E-state index in [0.29, 0.717) is 12.2 Å². The third kappa shape index (κ3) is 5.47. The predicted octanol–water partition coefficient (Wildman–Crippen LogP) is 2.33. The highest BCUT2D eigenvalue weighted by atomic mass is 32.2. The summed E-state index contributed by atoms with van der Waals surface area (Å²) in [5.74, 6) is -0.982. The van der Waals surface area contributed by atoms with Crippen LogP contribution in [0.3, 0.4) is 0 Å². The lowest BCUT2D eigenvalue weighted by atomic mass is 10.2. The standard InChI is InChI=1S/C18H16F2N2O6S/c19-17(20)28-12-3-1-11(2-4-12)9-14-16(24)22(18(25)29-14)6-5-21-15(23)13-10-26-7-8-27-13/h1-4,9-10,17H,5-8H2,(H,21,23)/b14-9+. The molecule has 0 aliphatic carbocycles. The number of nitrogens with zero attached hydrogens (tertiary/aromatic N) is 1. The molecule has 0 aromatic heterocycles. The molecule has 3 rings (SSSR count). The average molecular weight is 426 g/mol. The molecule has 1 N–H and O–H groups in total. The van der Waals surface area contributed by atoms with Crippen LogP contribution >= 0.6 is 11.8 Å². The molecule has 1 saturated heterocycles. The van der Waals surface area contributed by atoms with Gasteiger partial charge in [-0.05, 0) is 35.5 Å². The number of halogens is 2. The van der Waals surface area contributed by atoms with Gasteiger partial charge in [-0.2, -0.15) is 8.78 Å². The molecular weight excluding hydrogens is 410 g/mol. The van der Waals surface area contributed by atoms with Crippen molar-refractivity contribution in [3.63, 3.8) is 0 Å². The monoisotopic (exact) mass is 426 g/mol. The van der Waals surface area contributed by atoms with E-state index in [9.17, 15) is 23.2 Å². The molecule has 1 aromatic rings. The van der Waals surface area contributed by atoms with E-state index in [-0.39, 0.29) is 36.1 Å². The first kappa shape index (κ1) is 20.6. The van der Waals surface area contributed by atoms with Gasteiger partial charge >= 0.3 is 6.61 Å². The van der Waals surface area contributed by atoms with E-state index in [1.54, 1.807) is 0 Å². The molecule has 0 bridgehead atoms. The minimum atomic E-state index is -2.92. The van der Waals surface area contributed by atoms with Gasteiger partial charge in [-0.15, -0.1) is 0 Å². The SMILES string of the molecule is O=C(NCCN1C(=O)S/C(=C/c2ccc(OC(F)F)cc2)C1=O)C1=COCCO1. The van der Waals surface area contributed by atoms with E-state index in [4.69, 9.17) is 9.47 Å². The van der Waals surface area contributed by atoms with Crippen molar-refractivity contribution in [1.82, 2.24) is 10.2 Å². The average Bonchev–Trinajstić information content (AvgIpc) is 2.97. The highest BCUT2D eigenvalue weighted by Crippen LogP contribution is 2.32. The van der Waals surface area contributed by atoms with Gasteiger partial charge in [0.2, 0.25) is 5.76 Å². The Morgan fingerprint density at radius 2 is 2.03 bits per heavy atom. The van der Waals surface area contributed by atoms with Gasteiger partial charge in [0.1, 0.15) is 25.2 Å². The summed E-state index contributed by atoms with van der Waals surface area (Å²) >= 11 is 0.757. The van der Waals surface area contributed by atoms with Gasteiger partial charge in [0.05, 0.1) is 4.91 Å². The predicted molar refractivity (Wildman–Crippen MR) is 98.7 cm³/mol. The largest absolute Gasteiger partial charge is 0.494 e. The first-order valence-corrected chi connectivity index (χ1v) is 9.28. The Morgan fingerprint density at radius 3 is 2.69 bits per heavy atom. The van der Waals surface area contributed by atoms with Crippen LogP contribution in [-0.2, 0) is 19.1 Å². The third-order valence-corrected chi connectivity index (χ3v) is 4.68. The maximum Gasteiger partial charge on any atom is 0.387 e. The smallest absolute Gasteiger partial charge is 0.387 e. The Morgan fingerprint density at radius 1 is 1.28 bits per heavy atom. The van der Waals surface area contributed by atoms with Crippen molar-refractivity contribution >= 4 is 34.9 Å². The number of thioether (sulfide) groups is 1. The zero-order valence-electron chi connectivity index (χ0n) is 14.9. The minimum absolute atomic E-state index is 0.0107. The molecule has 8 nitrogen and oxygen atoms in total. The fourth-order valence-corrected chi connectivity index (χ4v) is 3.31. The van der Waals surface area contributed by atoms with Gasteiger partial charge in [0, 0.05) is 13.1 Å². The van der Waals surface area contributed by atoms with Crippen molar-refractivity contribution in [1.29, 1.82) is 0 Å². The van der Waals surface area contributed by atoms with Gasteiger partial charge in [0.25, 0.3) is 17.1 Å². The molecule has 2 heterocycles. The van der Waals surface area contributed by atoms with E-state index < -0.39 is 23.7 Å². The van der Waals surface area contributed by atoms with Gasteiger partial charge in [-0.3, -0.25) is 19.3 Å². The lowest BCUT2D eigenvalue weighted by Crippen LogP contribution is -2.38. The van der Waals surface area contributed by atoms with Crippen LogP contribution in [0.4, 0.5) is 13.6 Å². The summed E-state index contributed by atoms with van der Waals surface area (Å²) in [6.07, 6.45) is 2.69. The summed E-state index contributed by atoms with van der Waals surface area (Å²) in [6, 6.07) is 5.66. The van der Waals surface area contributed by atoms with Crippen LogP contribution in [0, 0.1) is 0 Å². The van der Waals surface area contributed by atoms with E-state index in [1.165, 1.54) is 36.6 Å². The third-order valence-electron chi connectivity index (χ3n) is 3.77. The van der Waals surface area contributed by atoms with Crippen LogP contribution in [-0.4, -0.2) is 54.9 Å². The van der Waals surface area contributed by atoms with Crippen molar-refractivity contribution in [2.45, 2.75) is 6.61 Å². The summed E-state index contributed by atoms with van der Waals surface area (Å²) in [7, 11) is 0. The van der Waals surface area contributed by atoms with Crippen LogP contribution in [0.2, 0.25) is 0 Å². The maximum atomic E-state index is 12.4. The molecule has 1 fully saturated rings. The molecule has 0 saturated carbocycles. The van der Waals surface area contributed by atoms with Gasteiger partial charge in [-0.25, -0.2) is 0 Å². The summed E-state index contributed by atoms with van der Waals surface area (Å²) in [6.45, 7) is -2.26. The number of imide groups is 1. The second kappa shape index (κ2) is 9.41. The number of alkyl halides is 2. The lowest BCUT2D eigenvalue weighted by molar-refractivity contribution is -0.124. The Bertz CT molecular complexity index is 856. The van der Waals surface area contributed by atoms with Crippen LogP contribution in [0.15, 0.2) is 41.2 Å². The molecule has 29 heavy (non-hydrogen) atoms. The van der Waals surface area contributed by atoms with Crippen LogP contribution in [0.25, 0.3) is 6.08 Å². The highest BCUT2D eigenvalue weighted by Gasteiger charge is 2.34. The van der Waals surface area contributed by atoms with Gasteiger partial charge in [-0.1, -0.05) is 12.1 Å². The molecule has 154 valence electrons. The fraction of sp³-hybridized carbons (Fsp3) is 0.278. The van der Waals surface area contributed by atoms with Crippen molar-refractivity contribution < 1.29 is 37.4 Å². The Labute approximate surface area is 168 Å². The van der Waals surface area contributed by atoms with Crippen molar-refractivity contribution in [2.75, 3.05) is 26.3 Å². The molecule has 2 aliphatic heterocycles. The van der Waals surface area contributed by atoms with Crippen LogP contribution in [0.5, 0.6) is 5.75 Å². The number of carbonyl (C=O) groups excluding carboxylic acids is 3. The van der Waals surface area contributed by atoms with E-state index in [2.05, 4.69) is 10.1 Å². The first-order chi connectivity index (χ1) is 13.9. The first-order valence-electron chi connectivity index (χ1n) is 8.47. The summed E-state index contributed by atoms with van der Waals surface area (Å²) in [4.78, 5) is 37.6. The lowest BCUT2D eigenvalue weighted by Gasteiger charge is -2.16. The van der Waals surface area contributed by atoms with Crippen molar-refractivity contribution in [3.8, 4) is 5.75 Å². The number of nitrogens with one attached hydrogen (secondary N) is 1. The van der Waals surface area contributed by atoms with Crippen LogP contribution in [0.1, 0.15) is 5.56 Å². The second-order valence-corrected chi connectivity index (χ2v) is 6.73. The van der Waals surface area contributed by atoms with E-state index >= 15 is 0 Å². The molecule has 1 aromatic carbocycles. The zero-order valence-corrected chi connectivity index (χ0v) is 15.7. The summed E-state index contributed by atoms with van der Waals surface area (Å²) < 4.78 is 38.7. The summed E-state index contributed by atoms with van der Waals surface area (Å²) in [5, 5.41) is 2.08. The number of rotatable bonds is 7. The maximum absolute atomic E-state index is 12.4. The van der Waals surface area contributed by atoms with Gasteiger partial charge in [0.15, 0.2) is 0 Å². The molecule has 0 radical (unpaired) electrons. The van der Waals surface area contributed by atoms with Crippen molar-refractivity contribution in [3.05, 3.63) is 46.8 Å². The van der Waals surface area contributed by atoms with Crippen molar-refractivity contribution in [2.24, 2.45) is 0 Å². The number of hydrogen-bond donors (Lipinski definition) is 1. The summed E-state index contributed by atoms with van der Waals surface area (Å²) in [5.41, 5.74) is 0.548. The molecule has 0 spiro atoms. The fourth-order valence-electron chi connectivity index (χ4n) is 2.45. The Hall–Kier alpha value is -3.08. The number of hydrogen-bond acceptors (Lipinski definition) is 7. The number of benzene rings is 1. The quantitative estimate of drug-likeness (QED) is 0.669. The molecule has 0 atom stereocenters. The molecular formula is C18H16F2N2O6S.